The minimum absolute atomic E-state index is 0.321. The molecular weight excluding hydrogens is 170 g/mol. The molecule has 0 amide bonds. The number of aryl methyl sites for hydroxylation is 2. The topological polar surface area (TPSA) is 0 Å². The van der Waals surface area contributed by atoms with Gasteiger partial charge in [-0.2, -0.15) is 0 Å². The van der Waals surface area contributed by atoms with E-state index in [2.05, 4.69) is 5.92 Å². The molecule has 13 heavy (non-hydrogen) atoms. The standard InChI is InChI=1S/C11H10F2/c1-3-4-5-9-7-10(12)8(2)6-11(9)13/h1,6-7H,4-5H2,2H3. The van der Waals surface area contributed by atoms with Crippen molar-refractivity contribution in [1.29, 1.82) is 0 Å². The first-order valence-corrected chi connectivity index (χ1v) is 4.03. The summed E-state index contributed by atoms with van der Waals surface area (Å²) in [6.07, 6.45) is 5.85. The van der Waals surface area contributed by atoms with E-state index in [0.717, 1.165) is 0 Å². The summed E-state index contributed by atoms with van der Waals surface area (Å²) in [6, 6.07) is 2.41. The third-order valence-corrected chi connectivity index (χ3v) is 1.87. The van der Waals surface area contributed by atoms with Crippen LogP contribution in [0.5, 0.6) is 0 Å². The molecule has 1 aromatic carbocycles. The number of benzene rings is 1. The molecule has 2 heteroatoms. The molecule has 0 aliphatic rings. The smallest absolute Gasteiger partial charge is 0.126 e. The molecule has 1 rings (SSSR count). The third-order valence-electron chi connectivity index (χ3n) is 1.87. The summed E-state index contributed by atoms with van der Waals surface area (Å²) in [5, 5.41) is 0. The molecule has 0 fully saturated rings. The average molecular weight is 180 g/mol. The summed E-state index contributed by atoms with van der Waals surface area (Å²) in [5.41, 5.74) is 0.669. The van der Waals surface area contributed by atoms with Crippen LogP contribution >= 0.6 is 0 Å². The first-order chi connectivity index (χ1) is 6.15. The highest BCUT2D eigenvalue weighted by Gasteiger charge is 2.05. The van der Waals surface area contributed by atoms with Crippen molar-refractivity contribution in [1.82, 2.24) is 0 Å². The average Bonchev–Trinajstić information content (AvgIpc) is 2.09. The zero-order valence-electron chi connectivity index (χ0n) is 7.40. The Labute approximate surface area is 76.6 Å². The molecule has 0 unspecified atom stereocenters. The van der Waals surface area contributed by atoms with Crippen molar-refractivity contribution in [2.75, 3.05) is 0 Å². The van der Waals surface area contributed by atoms with Crippen LogP contribution in [0.15, 0.2) is 12.1 Å². The lowest BCUT2D eigenvalue weighted by Crippen LogP contribution is -1.94. The van der Waals surface area contributed by atoms with Crippen LogP contribution < -0.4 is 0 Å². The summed E-state index contributed by atoms with van der Waals surface area (Å²) >= 11 is 0. The molecule has 0 aromatic heterocycles. The SMILES string of the molecule is C#CCCc1cc(F)c(C)cc1F. The first kappa shape index (κ1) is 9.73. The van der Waals surface area contributed by atoms with E-state index in [9.17, 15) is 8.78 Å². The fourth-order valence-corrected chi connectivity index (χ4v) is 1.09. The Morgan fingerprint density at radius 1 is 1.31 bits per heavy atom. The molecule has 0 saturated carbocycles. The molecule has 0 N–H and O–H groups in total. The predicted molar refractivity (Wildman–Crippen MR) is 48.2 cm³/mol. The molecule has 0 aliphatic carbocycles. The third kappa shape index (κ3) is 2.29. The van der Waals surface area contributed by atoms with E-state index in [1.165, 1.54) is 19.1 Å². The van der Waals surface area contributed by atoms with Gasteiger partial charge in [-0.1, -0.05) is 0 Å². The Morgan fingerprint density at radius 3 is 2.62 bits per heavy atom. The lowest BCUT2D eigenvalue weighted by atomic mass is 10.1. The molecule has 0 atom stereocenters. The zero-order valence-corrected chi connectivity index (χ0v) is 7.40. The summed E-state index contributed by atoms with van der Waals surface area (Å²) in [6.45, 7) is 1.53. The van der Waals surface area contributed by atoms with Gasteiger partial charge < -0.3 is 0 Å². The molecule has 0 aliphatic heterocycles. The van der Waals surface area contributed by atoms with Crippen molar-refractivity contribution in [3.8, 4) is 12.3 Å². The van der Waals surface area contributed by atoms with E-state index in [4.69, 9.17) is 6.42 Å². The van der Waals surface area contributed by atoms with Crippen molar-refractivity contribution < 1.29 is 8.78 Å². The molecule has 0 heterocycles. The maximum Gasteiger partial charge on any atom is 0.126 e. The Morgan fingerprint density at radius 2 is 2.00 bits per heavy atom. The summed E-state index contributed by atoms with van der Waals surface area (Å²) in [7, 11) is 0. The highest BCUT2D eigenvalue weighted by Crippen LogP contribution is 2.15. The number of hydrogen-bond donors (Lipinski definition) is 0. The molecular formula is C11H10F2. The molecule has 0 saturated heterocycles. The number of rotatable bonds is 2. The van der Waals surface area contributed by atoms with Gasteiger partial charge >= 0.3 is 0 Å². The molecule has 0 spiro atoms. The van der Waals surface area contributed by atoms with E-state index in [1.54, 1.807) is 0 Å². The van der Waals surface area contributed by atoms with E-state index in [-0.39, 0.29) is 11.6 Å². The molecule has 0 nitrogen and oxygen atoms in total. The Hall–Kier alpha value is -1.36. The zero-order chi connectivity index (χ0) is 9.84. The van der Waals surface area contributed by atoms with Gasteiger partial charge in [-0.05, 0) is 36.6 Å². The maximum absolute atomic E-state index is 13.1. The quantitative estimate of drug-likeness (QED) is 0.614. The fraction of sp³-hybridized carbons (Fsp3) is 0.273. The number of halogens is 2. The second-order valence-electron chi connectivity index (χ2n) is 2.90. The first-order valence-electron chi connectivity index (χ1n) is 4.03. The van der Waals surface area contributed by atoms with Crippen LogP contribution in [0.1, 0.15) is 17.5 Å². The highest BCUT2D eigenvalue weighted by atomic mass is 19.1. The normalized spacial score (nSPS) is 9.69. The van der Waals surface area contributed by atoms with E-state index < -0.39 is 0 Å². The van der Waals surface area contributed by atoms with Crippen molar-refractivity contribution in [3.05, 3.63) is 34.9 Å². The predicted octanol–water partition coefficient (Wildman–Crippen LogP) is 2.84. The number of terminal acetylenes is 1. The second kappa shape index (κ2) is 4.04. The van der Waals surface area contributed by atoms with Crippen LogP contribution in [-0.2, 0) is 6.42 Å². The molecule has 0 bridgehead atoms. The summed E-state index contributed by atoms with van der Waals surface area (Å²) in [5.74, 6) is 1.63. The Balaban J connectivity index is 2.96. The fourth-order valence-electron chi connectivity index (χ4n) is 1.09. The minimum Gasteiger partial charge on any atom is -0.207 e. The van der Waals surface area contributed by atoms with Gasteiger partial charge in [0, 0.05) is 6.42 Å². The van der Waals surface area contributed by atoms with Gasteiger partial charge in [-0.15, -0.1) is 12.3 Å². The Bertz CT molecular complexity index is 348. The van der Waals surface area contributed by atoms with E-state index in [0.29, 0.717) is 24.0 Å². The molecule has 1 aromatic rings. The highest BCUT2D eigenvalue weighted by molar-refractivity contribution is 5.25. The monoisotopic (exact) mass is 180 g/mol. The van der Waals surface area contributed by atoms with Crippen LogP contribution in [-0.4, -0.2) is 0 Å². The van der Waals surface area contributed by atoms with Crippen molar-refractivity contribution >= 4 is 0 Å². The van der Waals surface area contributed by atoms with Crippen molar-refractivity contribution in [3.63, 3.8) is 0 Å². The van der Waals surface area contributed by atoms with Gasteiger partial charge in [0.15, 0.2) is 0 Å². The van der Waals surface area contributed by atoms with E-state index in [1.807, 2.05) is 0 Å². The van der Waals surface area contributed by atoms with Crippen molar-refractivity contribution in [2.45, 2.75) is 19.8 Å². The maximum atomic E-state index is 13.1. The minimum atomic E-state index is -0.381. The number of hydrogen-bond acceptors (Lipinski definition) is 0. The van der Waals surface area contributed by atoms with E-state index >= 15 is 0 Å². The molecule has 0 radical (unpaired) electrons. The van der Waals surface area contributed by atoms with Gasteiger partial charge in [0.05, 0.1) is 0 Å². The van der Waals surface area contributed by atoms with Crippen LogP contribution in [0.3, 0.4) is 0 Å². The van der Waals surface area contributed by atoms with Gasteiger partial charge in [0.2, 0.25) is 0 Å². The second-order valence-corrected chi connectivity index (χ2v) is 2.90. The van der Waals surface area contributed by atoms with Gasteiger partial charge in [-0.25, -0.2) is 8.78 Å². The summed E-state index contributed by atoms with van der Waals surface area (Å²) < 4.78 is 26.1. The van der Waals surface area contributed by atoms with Gasteiger partial charge in [0.1, 0.15) is 11.6 Å². The van der Waals surface area contributed by atoms with Crippen LogP contribution in [0, 0.1) is 30.9 Å². The summed E-state index contributed by atoms with van der Waals surface area (Å²) in [4.78, 5) is 0. The van der Waals surface area contributed by atoms with Gasteiger partial charge in [0.25, 0.3) is 0 Å². The lowest BCUT2D eigenvalue weighted by molar-refractivity contribution is 0.578. The van der Waals surface area contributed by atoms with Crippen LogP contribution in [0.4, 0.5) is 8.78 Å². The van der Waals surface area contributed by atoms with Crippen molar-refractivity contribution in [2.24, 2.45) is 0 Å². The molecule has 68 valence electrons. The Kier molecular flexibility index (Phi) is 3.02. The van der Waals surface area contributed by atoms with Crippen LogP contribution in [0.25, 0.3) is 0 Å². The van der Waals surface area contributed by atoms with Crippen LogP contribution in [0.2, 0.25) is 0 Å². The van der Waals surface area contributed by atoms with Gasteiger partial charge in [-0.3, -0.25) is 0 Å². The lowest BCUT2D eigenvalue weighted by Gasteiger charge is -2.02. The largest absolute Gasteiger partial charge is 0.207 e.